The molecule has 20 heavy (non-hydrogen) atoms. The van der Waals surface area contributed by atoms with Gasteiger partial charge in [-0.2, -0.15) is 0 Å². The van der Waals surface area contributed by atoms with Crippen LogP contribution in [0.4, 0.5) is 0 Å². The van der Waals surface area contributed by atoms with Gasteiger partial charge in [-0.05, 0) is 40.0 Å². The fraction of sp³-hybridized carbons (Fsp3) is 0.857. The number of hydrogen-bond donors (Lipinski definition) is 3. The average Bonchev–Trinajstić information content (AvgIpc) is 2.23. The van der Waals surface area contributed by atoms with Crippen molar-refractivity contribution in [2.75, 3.05) is 0 Å². The van der Waals surface area contributed by atoms with Gasteiger partial charge in [-0.15, -0.1) is 0 Å². The highest BCUT2D eigenvalue weighted by Crippen LogP contribution is 2.13. The van der Waals surface area contributed by atoms with E-state index in [4.69, 9.17) is 10.5 Å². The second-order valence-electron chi connectivity index (χ2n) is 6.49. The van der Waals surface area contributed by atoms with Gasteiger partial charge in [0.2, 0.25) is 5.91 Å². The van der Waals surface area contributed by atoms with Gasteiger partial charge < -0.3 is 20.9 Å². The maximum atomic E-state index is 12.1. The third-order valence-corrected chi connectivity index (χ3v) is 2.54. The molecule has 6 nitrogen and oxygen atoms in total. The van der Waals surface area contributed by atoms with Crippen molar-refractivity contribution in [1.29, 1.82) is 0 Å². The molecule has 0 aromatic heterocycles. The van der Waals surface area contributed by atoms with E-state index in [-0.39, 0.29) is 5.92 Å². The summed E-state index contributed by atoms with van der Waals surface area (Å²) in [6.45, 7) is 10.6. The van der Waals surface area contributed by atoms with E-state index < -0.39 is 35.7 Å². The zero-order chi connectivity index (χ0) is 16.1. The van der Waals surface area contributed by atoms with Gasteiger partial charge in [0.05, 0.1) is 6.10 Å². The van der Waals surface area contributed by atoms with Crippen molar-refractivity contribution < 1.29 is 19.4 Å². The van der Waals surface area contributed by atoms with Crippen LogP contribution in [-0.2, 0) is 14.3 Å². The number of amides is 1. The first-order valence-corrected chi connectivity index (χ1v) is 6.91. The second kappa shape index (κ2) is 7.59. The molecule has 118 valence electrons. The molecule has 0 aromatic rings. The van der Waals surface area contributed by atoms with Crippen LogP contribution in [0.5, 0.6) is 0 Å². The molecule has 6 heteroatoms. The number of hydrogen-bond acceptors (Lipinski definition) is 5. The molecule has 0 aromatic carbocycles. The van der Waals surface area contributed by atoms with E-state index in [2.05, 4.69) is 5.32 Å². The predicted octanol–water partition coefficient (Wildman–Crippen LogP) is 0.567. The lowest BCUT2D eigenvalue weighted by molar-refractivity contribution is -0.159. The zero-order valence-electron chi connectivity index (χ0n) is 13.3. The normalized spacial score (nSPS) is 16.4. The molecule has 0 spiro atoms. The Morgan fingerprint density at radius 2 is 1.75 bits per heavy atom. The number of esters is 1. The number of carbonyl (C=O) groups is 2. The quantitative estimate of drug-likeness (QED) is 0.620. The molecule has 3 atom stereocenters. The Hall–Kier alpha value is -1.14. The van der Waals surface area contributed by atoms with Gasteiger partial charge in [0.25, 0.3) is 0 Å². The molecule has 0 radical (unpaired) electrons. The average molecular weight is 288 g/mol. The molecule has 0 heterocycles. The molecule has 0 saturated heterocycles. The number of nitrogens with two attached hydrogens (primary N) is 1. The number of aliphatic hydroxyl groups excluding tert-OH is 1. The second-order valence-corrected chi connectivity index (χ2v) is 6.49. The molecule has 0 aliphatic carbocycles. The maximum Gasteiger partial charge on any atom is 0.329 e. The molecule has 0 bridgehead atoms. The van der Waals surface area contributed by atoms with Crippen LogP contribution in [0.15, 0.2) is 0 Å². The van der Waals surface area contributed by atoms with Crippen LogP contribution in [0, 0.1) is 5.92 Å². The van der Waals surface area contributed by atoms with Gasteiger partial charge in [0, 0.05) is 0 Å². The largest absolute Gasteiger partial charge is 0.458 e. The van der Waals surface area contributed by atoms with Crippen molar-refractivity contribution in [2.24, 2.45) is 11.7 Å². The van der Waals surface area contributed by atoms with E-state index in [1.54, 1.807) is 20.8 Å². The summed E-state index contributed by atoms with van der Waals surface area (Å²) in [4.78, 5) is 23.9. The summed E-state index contributed by atoms with van der Waals surface area (Å²) in [5.74, 6) is -0.843. The highest BCUT2D eigenvalue weighted by molar-refractivity contribution is 5.87. The molecule has 4 N–H and O–H groups in total. The number of ether oxygens (including phenoxy) is 1. The van der Waals surface area contributed by atoms with Crippen molar-refractivity contribution in [1.82, 2.24) is 5.32 Å². The molecular formula is C14H28N2O4. The Kier molecular flexibility index (Phi) is 7.16. The van der Waals surface area contributed by atoms with E-state index in [0.717, 1.165) is 0 Å². The maximum absolute atomic E-state index is 12.1. The van der Waals surface area contributed by atoms with E-state index >= 15 is 0 Å². The number of nitrogens with one attached hydrogen (secondary N) is 1. The van der Waals surface area contributed by atoms with E-state index in [1.165, 1.54) is 6.92 Å². The summed E-state index contributed by atoms with van der Waals surface area (Å²) in [6.07, 6.45) is -0.527. The van der Waals surface area contributed by atoms with Crippen molar-refractivity contribution in [3.63, 3.8) is 0 Å². The van der Waals surface area contributed by atoms with E-state index in [9.17, 15) is 14.7 Å². The highest BCUT2D eigenvalue weighted by Gasteiger charge is 2.29. The molecular weight excluding hydrogens is 260 g/mol. The van der Waals surface area contributed by atoms with Gasteiger partial charge in [-0.25, -0.2) is 4.79 Å². The highest BCUT2D eigenvalue weighted by atomic mass is 16.6. The summed E-state index contributed by atoms with van der Waals surface area (Å²) in [5, 5.41) is 11.9. The molecule has 0 aliphatic rings. The molecule has 0 unspecified atom stereocenters. The van der Waals surface area contributed by atoms with Crippen LogP contribution in [0.25, 0.3) is 0 Å². The summed E-state index contributed by atoms with van der Waals surface area (Å²) in [6, 6.07) is -1.82. The topological polar surface area (TPSA) is 102 Å². The first kappa shape index (κ1) is 18.9. The van der Waals surface area contributed by atoms with Crippen molar-refractivity contribution in [2.45, 2.75) is 71.8 Å². The lowest BCUT2D eigenvalue weighted by Gasteiger charge is -2.26. The Morgan fingerprint density at radius 3 is 2.10 bits per heavy atom. The predicted molar refractivity (Wildman–Crippen MR) is 76.9 cm³/mol. The van der Waals surface area contributed by atoms with Crippen LogP contribution in [0.2, 0.25) is 0 Å². The number of aliphatic hydroxyl groups is 1. The fourth-order valence-electron chi connectivity index (χ4n) is 1.55. The van der Waals surface area contributed by atoms with Crippen molar-refractivity contribution in [3.05, 3.63) is 0 Å². The molecule has 1 amide bonds. The minimum Gasteiger partial charge on any atom is -0.458 e. The zero-order valence-corrected chi connectivity index (χ0v) is 13.3. The Morgan fingerprint density at radius 1 is 1.25 bits per heavy atom. The summed E-state index contributed by atoms with van der Waals surface area (Å²) < 4.78 is 5.28. The van der Waals surface area contributed by atoms with Crippen LogP contribution >= 0.6 is 0 Å². The van der Waals surface area contributed by atoms with Crippen LogP contribution in [0.3, 0.4) is 0 Å². The third-order valence-electron chi connectivity index (χ3n) is 2.54. The van der Waals surface area contributed by atoms with Crippen LogP contribution in [-0.4, -0.2) is 40.8 Å². The summed E-state index contributed by atoms with van der Waals surface area (Å²) in [7, 11) is 0. The van der Waals surface area contributed by atoms with Gasteiger partial charge in [-0.1, -0.05) is 13.8 Å². The number of carbonyl (C=O) groups excluding carboxylic acids is 2. The van der Waals surface area contributed by atoms with Crippen LogP contribution in [0.1, 0.15) is 48.0 Å². The van der Waals surface area contributed by atoms with E-state index in [0.29, 0.717) is 6.42 Å². The Balaban J connectivity index is 4.81. The fourth-order valence-corrected chi connectivity index (χ4v) is 1.55. The molecule has 0 aliphatic heterocycles. The standard InChI is InChI=1S/C14H28N2O4/c1-8(2)7-10(13(19)20-14(4,5)6)16-12(18)11(15)9(3)17/h8-11,17H,7,15H2,1-6H3,(H,16,18)/t9-,10+,11+/m1/s1. The summed E-state index contributed by atoms with van der Waals surface area (Å²) in [5.41, 5.74) is 4.93. The SMILES string of the molecule is CC(C)C[C@H](NC(=O)[C@@H](N)[C@@H](C)O)C(=O)OC(C)(C)C. The number of rotatable bonds is 6. The minimum absolute atomic E-state index is 0.204. The monoisotopic (exact) mass is 288 g/mol. The first-order valence-electron chi connectivity index (χ1n) is 6.91. The van der Waals surface area contributed by atoms with Crippen molar-refractivity contribution >= 4 is 11.9 Å². The van der Waals surface area contributed by atoms with E-state index in [1.807, 2.05) is 13.8 Å². The van der Waals surface area contributed by atoms with Gasteiger partial charge >= 0.3 is 5.97 Å². The molecule has 0 rings (SSSR count). The van der Waals surface area contributed by atoms with Gasteiger partial charge in [0.1, 0.15) is 17.7 Å². The summed E-state index contributed by atoms with van der Waals surface area (Å²) >= 11 is 0. The van der Waals surface area contributed by atoms with Gasteiger partial charge in [-0.3, -0.25) is 4.79 Å². The molecule has 0 saturated carbocycles. The molecule has 0 fully saturated rings. The lowest BCUT2D eigenvalue weighted by atomic mass is 10.0. The van der Waals surface area contributed by atoms with Gasteiger partial charge in [0.15, 0.2) is 0 Å². The van der Waals surface area contributed by atoms with Crippen LogP contribution < -0.4 is 11.1 Å². The first-order chi connectivity index (χ1) is 8.94. The van der Waals surface area contributed by atoms with Crippen molar-refractivity contribution in [3.8, 4) is 0 Å². The Labute approximate surface area is 121 Å². The Bertz CT molecular complexity index is 335. The lowest BCUT2D eigenvalue weighted by Crippen LogP contribution is -2.53. The minimum atomic E-state index is -1.06. The third kappa shape index (κ3) is 7.45. The smallest absolute Gasteiger partial charge is 0.329 e.